The Balaban J connectivity index is 1.97. The average Bonchev–Trinajstić information content (AvgIpc) is 3.05. The molecule has 1 atom stereocenters. The monoisotopic (exact) mass is 232 g/mol. The third kappa shape index (κ3) is 3.55. The highest BCUT2D eigenvalue weighted by atomic mass is 15.1. The molecule has 0 aliphatic heterocycles. The number of nitrogens with zero attached hydrogens (tertiary/aromatic N) is 1. The number of benzene rings is 1. The molecule has 1 unspecified atom stereocenters. The van der Waals surface area contributed by atoms with Gasteiger partial charge in [-0.25, -0.2) is 0 Å². The zero-order valence-electron chi connectivity index (χ0n) is 11.2. The van der Waals surface area contributed by atoms with Gasteiger partial charge in [-0.2, -0.15) is 0 Å². The molecular formula is C15H24N2. The predicted molar refractivity (Wildman–Crippen MR) is 73.1 cm³/mol. The van der Waals surface area contributed by atoms with Gasteiger partial charge in [0.15, 0.2) is 0 Å². The molecule has 17 heavy (non-hydrogen) atoms. The van der Waals surface area contributed by atoms with Gasteiger partial charge in [-0.1, -0.05) is 23.8 Å². The van der Waals surface area contributed by atoms with Crippen molar-refractivity contribution in [2.24, 2.45) is 11.7 Å². The molecule has 2 rings (SSSR count). The summed E-state index contributed by atoms with van der Waals surface area (Å²) in [6.45, 7) is 6.44. The average molecular weight is 232 g/mol. The van der Waals surface area contributed by atoms with E-state index >= 15 is 0 Å². The van der Waals surface area contributed by atoms with Crippen LogP contribution in [-0.2, 0) is 0 Å². The highest BCUT2D eigenvalue weighted by Gasteiger charge is 2.23. The summed E-state index contributed by atoms with van der Waals surface area (Å²) in [6, 6.07) is 6.69. The van der Waals surface area contributed by atoms with Crippen LogP contribution in [-0.4, -0.2) is 25.0 Å². The van der Waals surface area contributed by atoms with Crippen molar-refractivity contribution in [3.8, 4) is 0 Å². The predicted octanol–water partition coefficient (Wildman–Crippen LogP) is 2.65. The Kier molecular flexibility index (Phi) is 3.85. The lowest BCUT2D eigenvalue weighted by atomic mass is 9.99. The Morgan fingerprint density at radius 3 is 2.71 bits per heavy atom. The second kappa shape index (κ2) is 5.19. The van der Waals surface area contributed by atoms with Crippen molar-refractivity contribution in [2.75, 3.05) is 20.1 Å². The number of hydrogen-bond acceptors (Lipinski definition) is 2. The first-order chi connectivity index (χ1) is 8.06. The molecule has 1 aromatic carbocycles. The van der Waals surface area contributed by atoms with Crippen LogP contribution in [0.3, 0.4) is 0 Å². The van der Waals surface area contributed by atoms with Gasteiger partial charge in [-0.15, -0.1) is 0 Å². The molecule has 1 aliphatic rings. The third-order valence-electron chi connectivity index (χ3n) is 3.61. The first kappa shape index (κ1) is 12.6. The van der Waals surface area contributed by atoms with Crippen molar-refractivity contribution >= 4 is 0 Å². The standard InChI is InChI=1S/C15H24N2/c1-11-4-5-12(2)14(8-11)15(16)10-17(3)9-13-6-7-13/h4-5,8,13,15H,6-7,9-10,16H2,1-3H3. The molecule has 2 nitrogen and oxygen atoms in total. The van der Waals surface area contributed by atoms with Gasteiger partial charge in [0, 0.05) is 19.1 Å². The molecule has 0 saturated heterocycles. The van der Waals surface area contributed by atoms with Crippen molar-refractivity contribution in [1.82, 2.24) is 4.90 Å². The van der Waals surface area contributed by atoms with E-state index in [4.69, 9.17) is 5.73 Å². The summed E-state index contributed by atoms with van der Waals surface area (Å²) in [5.41, 5.74) is 10.2. The van der Waals surface area contributed by atoms with E-state index in [1.165, 1.54) is 36.1 Å². The molecule has 0 amide bonds. The van der Waals surface area contributed by atoms with Gasteiger partial charge in [0.25, 0.3) is 0 Å². The first-order valence-corrected chi connectivity index (χ1v) is 6.57. The second-order valence-corrected chi connectivity index (χ2v) is 5.63. The lowest BCUT2D eigenvalue weighted by Crippen LogP contribution is -2.31. The van der Waals surface area contributed by atoms with E-state index in [9.17, 15) is 0 Å². The van der Waals surface area contributed by atoms with Gasteiger partial charge in [0.1, 0.15) is 0 Å². The Labute approximate surface area is 105 Å². The molecule has 1 aromatic rings. The molecule has 0 bridgehead atoms. The summed E-state index contributed by atoms with van der Waals surface area (Å²) in [5.74, 6) is 0.936. The molecule has 0 heterocycles. The van der Waals surface area contributed by atoms with Crippen molar-refractivity contribution < 1.29 is 0 Å². The number of rotatable bonds is 5. The zero-order valence-corrected chi connectivity index (χ0v) is 11.2. The van der Waals surface area contributed by atoms with Crippen LogP contribution >= 0.6 is 0 Å². The minimum absolute atomic E-state index is 0.138. The zero-order chi connectivity index (χ0) is 12.4. The summed E-state index contributed by atoms with van der Waals surface area (Å²) < 4.78 is 0. The number of likely N-dealkylation sites (N-methyl/N-ethyl adjacent to an activating group) is 1. The van der Waals surface area contributed by atoms with Crippen LogP contribution in [0.15, 0.2) is 18.2 Å². The lowest BCUT2D eigenvalue weighted by Gasteiger charge is -2.22. The number of nitrogens with two attached hydrogens (primary N) is 1. The van der Waals surface area contributed by atoms with E-state index in [1.807, 2.05) is 0 Å². The lowest BCUT2D eigenvalue weighted by molar-refractivity contribution is 0.300. The summed E-state index contributed by atoms with van der Waals surface area (Å²) >= 11 is 0. The molecule has 1 aliphatic carbocycles. The molecule has 2 heteroatoms. The van der Waals surface area contributed by atoms with Crippen LogP contribution < -0.4 is 5.73 Å². The highest BCUT2D eigenvalue weighted by Crippen LogP contribution is 2.29. The smallest absolute Gasteiger partial charge is 0.0426 e. The Morgan fingerprint density at radius 1 is 1.35 bits per heavy atom. The van der Waals surface area contributed by atoms with E-state index in [1.54, 1.807) is 0 Å². The van der Waals surface area contributed by atoms with Crippen LogP contribution in [0.1, 0.15) is 35.6 Å². The van der Waals surface area contributed by atoms with E-state index in [0.29, 0.717) is 0 Å². The van der Waals surface area contributed by atoms with Gasteiger partial charge >= 0.3 is 0 Å². The Morgan fingerprint density at radius 2 is 2.06 bits per heavy atom. The second-order valence-electron chi connectivity index (χ2n) is 5.63. The maximum absolute atomic E-state index is 6.32. The van der Waals surface area contributed by atoms with E-state index in [-0.39, 0.29) is 6.04 Å². The van der Waals surface area contributed by atoms with E-state index < -0.39 is 0 Å². The highest BCUT2D eigenvalue weighted by molar-refractivity contribution is 5.32. The fourth-order valence-electron chi connectivity index (χ4n) is 2.41. The first-order valence-electron chi connectivity index (χ1n) is 6.57. The van der Waals surface area contributed by atoms with Crippen molar-refractivity contribution in [2.45, 2.75) is 32.7 Å². The summed E-state index contributed by atoms with van der Waals surface area (Å²) in [4.78, 5) is 2.38. The normalized spacial score (nSPS) is 17.5. The number of aryl methyl sites for hydroxylation is 2. The van der Waals surface area contributed by atoms with Gasteiger partial charge in [0.05, 0.1) is 0 Å². The van der Waals surface area contributed by atoms with Crippen molar-refractivity contribution in [3.05, 3.63) is 34.9 Å². The fourth-order valence-corrected chi connectivity index (χ4v) is 2.41. The van der Waals surface area contributed by atoms with Gasteiger partial charge < -0.3 is 10.6 Å². The maximum Gasteiger partial charge on any atom is 0.0426 e. The molecule has 1 saturated carbocycles. The quantitative estimate of drug-likeness (QED) is 0.845. The fraction of sp³-hybridized carbons (Fsp3) is 0.600. The molecule has 0 spiro atoms. The van der Waals surface area contributed by atoms with Crippen LogP contribution in [0.2, 0.25) is 0 Å². The number of hydrogen-bond donors (Lipinski definition) is 1. The molecule has 2 N–H and O–H groups in total. The summed E-state index contributed by atoms with van der Waals surface area (Å²) in [7, 11) is 2.18. The van der Waals surface area contributed by atoms with Crippen molar-refractivity contribution in [3.63, 3.8) is 0 Å². The Bertz CT molecular complexity index is 383. The third-order valence-corrected chi connectivity index (χ3v) is 3.61. The molecule has 1 fully saturated rings. The molecule has 0 aromatic heterocycles. The van der Waals surface area contributed by atoms with Gasteiger partial charge in [0.2, 0.25) is 0 Å². The summed E-state index contributed by atoms with van der Waals surface area (Å²) in [6.07, 6.45) is 2.81. The SMILES string of the molecule is Cc1ccc(C)c(C(N)CN(C)CC2CC2)c1. The molecule has 0 radical (unpaired) electrons. The molecule has 94 valence electrons. The van der Waals surface area contributed by atoms with Crippen molar-refractivity contribution in [1.29, 1.82) is 0 Å². The van der Waals surface area contributed by atoms with Crippen LogP contribution in [0.25, 0.3) is 0 Å². The van der Waals surface area contributed by atoms with Gasteiger partial charge in [-0.05, 0) is 50.8 Å². The van der Waals surface area contributed by atoms with Crippen LogP contribution in [0, 0.1) is 19.8 Å². The largest absolute Gasteiger partial charge is 0.323 e. The summed E-state index contributed by atoms with van der Waals surface area (Å²) in [5, 5.41) is 0. The van der Waals surface area contributed by atoms with E-state index in [0.717, 1.165) is 12.5 Å². The minimum atomic E-state index is 0.138. The van der Waals surface area contributed by atoms with Gasteiger partial charge in [-0.3, -0.25) is 0 Å². The Hall–Kier alpha value is -0.860. The topological polar surface area (TPSA) is 29.3 Å². The molecular weight excluding hydrogens is 208 g/mol. The van der Waals surface area contributed by atoms with Crippen LogP contribution in [0.5, 0.6) is 0 Å². The van der Waals surface area contributed by atoms with E-state index in [2.05, 4.69) is 44.0 Å². The van der Waals surface area contributed by atoms with Crippen LogP contribution in [0.4, 0.5) is 0 Å². The maximum atomic E-state index is 6.32. The minimum Gasteiger partial charge on any atom is -0.323 e.